The molecule has 0 radical (unpaired) electrons. The number of aliphatic hydroxyl groups is 1. The maximum Gasteiger partial charge on any atom is 0.252 e. The van der Waals surface area contributed by atoms with Crippen molar-refractivity contribution in [1.29, 1.82) is 0 Å². The third-order valence-electron chi connectivity index (χ3n) is 5.35. The first-order valence-electron chi connectivity index (χ1n) is 10.1. The van der Waals surface area contributed by atoms with E-state index in [0.717, 1.165) is 5.69 Å². The van der Waals surface area contributed by atoms with Crippen LogP contribution in [0.1, 0.15) is 27.6 Å². The minimum atomic E-state index is -1.01. The van der Waals surface area contributed by atoms with Crippen LogP contribution in [-0.4, -0.2) is 73.5 Å². The largest absolute Gasteiger partial charge is 0.497 e. The molecule has 2 aromatic rings. The van der Waals surface area contributed by atoms with Gasteiger partial charge in [-0.2, -0.15) is 0 Å². The number of ketones is 1. The Hall–Kier alpha value is -3.39. The summed E-state index contributed by atoms with van der Waals surface area (Å²) in [5, 5.41) is 12.3. The molecule has 1 saturated heterocycles. The van der Waals surface area contributed by atoms with Crippen LogP contribution in [0, 0.1) is 0 Å². The summed E-state index contributed by atoms with van der Waals surface area (Å²) in [5.41, 5.74) is 2.00. The number of methoxy groups -OCH3 is 1. The number of benzene rings is 2. The van der Waals surface area contributed by atoms with Gasteiger partial charge in [-0.3, -0.25) is 14.4 Å². The van der Waals surface area contributed by atoms with E-state index in [2.05, 4.69) is 10.2 Å². The zero-order valence-electron chi connectivity index (χ0n) is 17.7. The molecule has 2 amide bonds. The first kappa shape index (κ1) is 22.3. The van der Waals surface area contributed by atoms with E-state index in [1.54, 1.807) is 41.3 Å². The molecule has 1 aliphatic rings. The molecule has 0 aliphatic carbocycles. The molecule has 0 aromatic heterocycles. The summed E-state index contributed by atoms with van der Waals surface area (Å²) in [5.74, 6) is -0.208. The summed E-state index contributed by atoms with van der Waals surface area (Å²) in [6.45, 7) is 3.23. The van der Waals surface area contributed by atoms with Crippen LogP contribution >= 0.6 is 0 Å². The van der Waals surface area contributed by atoms with Gasteiger partial charge in [0.2, 0.25) is 5.91 Å². The number of carbonyl (C=O) groups excluding carboxylic acids is 3. The molecule has 8 heteroatoms. The summed E-state index contributed by atoms with van der Waals surface area (Å²) in [6.07, 6.45) is 0. The third kappa shape index (κ3) is 5.40. The Bertz CT molecular complexity index is 936. The summed E-state index contributed by atoms with van der Waals surface area (Å²) < 4.78 is 5.12. The lowest BCUT2D eigenvalue weighted by Crippen LogP contribution is -2.56. The highest BCUT2D eigenvalue weighted by atomic mass is 16.5. The zero-order valence-corrected chi connectivity index (χ0v) is 17.7. The van der Waals surface area contributed by atoms with Crippen LogP contribution in [0.5, 0.6) is 5.75 Å². The predicted octanol–water partition coefficient (Wildman–Crippen LogP) is 1.34. The van der Waals surface area contributed by atoms with Gasteiger partial charge < -0.3 is 25.0 Å². The molecular formula is C23H27N3O5. The maximum atomic E-state index is 12.9. The molecule has 2 N–H and O–H groups in total. The first-order valence-corrected chi connectivity index (χ1v) is 10.1. The Balaban J connectivity index is 1.57. The average molecular weight is 425 g/mol. The lowest BCUT2D eigenvalue weighted by molar-refractivity contribution is -0.134. The van der Waals surface area contributed by atoms with Crippen molar-refractivity contribution >= 4 is 23.3 Å². The molecule has 1 aliphatic heterocycles. The molecule has 3 rings (SSSR count). The van der Waals surface area contributed by atoms with Gasteiger partial charge in [0.25, 0.3) is 5.91 Å². The monoisotopic (exact) mass is 425 g/mol. The molecule has 164 valence electrons. The SMILES string of the molecule is COc1cccc(C(=O)N[C@@H](CO)C(=O)N2CCN(c3ccc(C(C)=O)cc3)CC2)c1. The number of hydrogen-bond donors (Lipinski definition) is 2. The van der Waals surface area contributed by atoms with Gasteiger partial charge in [-0.25, -0.2) is 0 Å². The van der Waals surface area contributed by atoms with Crippen LogP contribution in [-0.2, 0) is 4.79 Å². The number of piperazine rings is 1. The fourth-order valence-electron chi connectivity index (χ4n) is 3.50. The van der Waals surface area contributed by atoms with E-state index in [4.69, 9.17) is 4.74 Å². The molecule has 0 spiro atoms. The molecular weight excluding hydrogens is 398 g/mol. The second-order valence-corrected chi connectivity index (χ2v) is 7.36. The van der Waals surface area contributed by atoms with E-state index >= 15 is 0 Å². The third-order valence-corrected chi connectivity index (χ3v) is 5.35. The van der Waals surface area contributed by atoms with Crippen LogP contribution < -0.4 is 15.0 Å². The maximum absolute atomic E-state index is 12.9. The average Bonchev–Trinajstić information content (AvgIpc) is 2.82. The minimum Gasteiger partial charge on any atom is -0.497 e. The van der Waals surface area contributed by atoms with Crippen LogP contribution in [0.15, 0.2) is 48.5 Å². The van der Waals surface area contributed by atoms with E-state index in [1.165, 1.54) is 14.0 Å². The number of hydrogen-bond acceptors (Lipinski definition) is 6. The van der Waals surface area contributed by atoms with Crippen LogP contribution in [0.3, 0.4) is 0 Å². The zero-order chi connectivity index (χ0) is 22.4. The van der Waals surface area contributed by atoms with Gasteiger partial charge >= 0.3 is 0 Å². The Labute approximate surface area is 181 Å². The number of aliphatic hydroxyl groups excluding tert-OH is 1. The molecule has 1 heterocycles. The van der Waals surface area contributed by atoms with Gasteiger partial charge in [0.15, 0.2) is 5.78 Å². The standard InChI is InChI=1S/C23H27N3O5/c1-16(28)17-6-8-19(9-7-17)25-10-12-26(13-11-25)23(30)21(15-27)24-22(29)18-4-3-5-20(14-18)31-2/h3-9,14,21,27H,10-13,15H2,1-2H3,(H,24,29)/t21-/m0/s1. The summed E-state index contributed by atoms with van der Waals surface area (Å²) in [6, 6.07) is 13.0. The Kier molecular flexibility index (Phi) is 7.25. The lowest BCUT2D eigenvalue weighted by atomic mass is 10.1. The number of Topliss-reactive ketones (excluding diaryl/α,β-unsaturated/α-hetero) is 1. The second kappa shape index (κ2) is 10.1. The minimum absolute atomic E-state index is 0.0213. The quantitative estimate of drug-likeness (QED) is 0.650. The highest BCUT2D eigenvalue weighted by Crippen LogP contribution is 2.18. The summed E-state index contributed by atoms with van der Waals surface area (Å²) in [4.78, 5) is 40.6. The van der Waals surface area contributed by atoms with Gasteiger partial charge in [0.05, 0.1) is 13.7 Å². The van der Waals surface area contributed by atoms with Crippen LogP contribution in [0.4, 0.5) is 5.69 Å². The van der Waals surface area contributed by atoms with Gasteiger partial charge in [-0.05, 0) is 49.4 Å². The molecule has 8 nitrogen and oxygen atoms in total. The van der Waals surface area contributed by atoms with Crippen LogP contribution in [0.25, 0.3) is 0 Å². The Morgan fingerprint density at radius 3 is 2.29 bits per heavy atom. The van der Waals surface area contributed by atoms with Gasteiger partial charge in [-0.15, -0.1) is 0 Å². The number of nitrogens with one attached hydrogen (secondary N) is 1. The number of ether oxygens (including phenoxy) is 1. The number of carbonyl (C=O) groups is 3. The van der Waals surface area contributed by atoms with E-state index < -0.39 is 18.6 Å². The smallest absolute Gasteiger partial charge is 0.252 e. The fraction of sp³-hybridized carbons (Fsp3) is 0.348. The van der Waals surface area contributed by atoms with Crippen molar-refractivity contribution in [3.63, 3.8) is 0 Å². The highest BCUT2D eigenvalue weighted by Gasteiger charge is 2.28. The van der Waals surface area contributed by atoms with Crippen molar-refractivity contribution in [2.24, 2.45) is 0 Å². The van der Waals surface area contributed by atoms with Gasteiger partial charge in [0.1, 0.15) is 11.8 Å². The van der Waals surface area contributed by atoms with Crippen LogP contribution in [0.2, 0.25) is 0 Å². The van der Waals surface area contributed by atoms with Gasteiger partial charge in [0, 0.05) is 43.0 Å². The molecule has 1 atom stereocenters. The van der Waals surface area contributed by atoms with Gasteiger partial charge in [-0.1, -0.05) is 6.07 Å². The highest BCUT2D eigenvalue weighted by molar-refractivity contribution is 5.98. The van der Waals surface area contributed by atoms with Crippen molar-refractivity contribution < 1.29 is 24.2 Å². The first-order chi connectivity index (χ1) is 14.9. The van der Waals surface area contributed by atoms with Crippen molar-refractivity contribution in [2.75, 3.05) is 44.8 Å². The number of rotatable bonds is 7. The molecule has 31 heavy (non-hydrogen) atoms. The fourth-order valence-corrected chi connectivity index (χ4v) is 3.50. The summed E-state index contributed by atoms with van der Waals surface area (Å²) >= 11 is 0. The second-order valence-electron chi connectivity index (χ2n) is 7.36. The molecule has 2 aromatic carbocycles. The van der Waals surface area contributed by atoms with Crippen molar-refractivity contribution in [2.45, 2.75) is 13.0 Å². The van der Waals surface area contributed by atoms with Crippen molar-refractivity contribution in [3.8, 4) is 5.75 Å². The van der Waals surface area contributed by atoms with E-state index in [0.29, 0.717) is 43.1 Å². The number of nitrogens with zero attached hydrogens (tertiary/aromatic N) is 2. The molecule has 0 bridgehead atoms. The lowest BCUT2D eigenvalue weighted by Gasteiger charge is -2.37. The summed E-state index contributed by atoms with van der Waals surface area (Å²) in [7, 11) is 1.51. The number of anilines is 1. The molecule has 1 fully saturated rings. The van der Waals surface area contributed by atoms with E-state index in [1.807, 2.05) is 12.1 Å². The topological polar surface area (TPSA) is 99.2 Å². The van der Waals surface area contributed by atoms with E-state index in [-0.39, 0.29) is 11.7 Å². The molecule has 0 saturated carbocycles. The van der Waals surface area contributed by atoms with Crippen molar-refractivity contribution in [1.82, 2.24) is 10.2 Å². The predicted molar refractivity (Wildman–Crippen MR) is 117 cm³/mol. The number of amides is 2. The Morgan fingerprint density at radius 1 is 1.03 bits per heavy atom. The molecule has 0 unspecified atom stereocenters. The van der Waals surface area contributed by atoms with Crippen molar-refractivity contribution in [3.05, 3.63) is 59.7 Å². The van der Waals surface area contributed by atoms with E-state index in [9.17, 15) is 19.5 Å². The normalized spacial score (nSPS) is 14.7. The Morgan fingerprint density at radius 2 is 1.71 bits per heavy atom.